The molecule has 1 aliphatic carbocycles. The zero-order valence-corrected chi connectivity index (χ0v) is 13.7. The van der Waals surface area contributed by atoms with Crippen molar-refractivity contribution in [3.63, 3.8) is 0 Å². The first-order valence-corrected chi connectivity index (χ1v) is 8.08. The molecule has 1 aliphatic rings. The summed E-state index contributed by atoms with van der Waals surface area (Å²) in [4.78, 5) is 29.7. The molecular formula is C15H22N2O3S. The average molecular weight is 310 g/mol. The van der Waals surface area contributed by atoms with Crippen LogP contribution in [0, 0.1) is 5.92 Å². The number of aliphatic carboxylic acids is 1. The van der Waals surface area contributed by atoms with E-state index in [0.717, 1.165) is 17.8 Å². The van der Waals surface area contributed by atoms with Gasteiger partial charge in [0, 0.05) is 23.4 Å². The van der Waals surface area contributed by atoms with Gasteiger partial charge in [0.25, 0.3) is 5.91 Å². The number of thiazole rings is 1. The molecule has 0 radical (unpaired) electrons. The highest BCUT2D eigenvalue weighted by atomic mass is 32.1. The molecule has 0 spiro atoms. The Balaban J connectivity index is 2.15. The number of aromatic nitrogens is 1. The van der Waals surface area contributed by atoms with Gasteiger partial charge in [0.2, 0.25) is 0 Å². The number of carboxylic acid groups (broad SMARTS) is 1. The van der Waals surface area contributed by atoms with Crippen molar-refractivity contribution >= 4 is 23.2 Å². The summed E-state index contributed by atoms with van der Waals surface area (Å²) >= 11 is 1.48. The van der Waals surface area contributed by atoms with Gasteiger partial charge in [-0.25, -0.2) is 4.98 Å². The summed E-state index contributed by atoms with van der Waals surface area (Å²) in [6.07, 6.45) is 1.91. The Labute approximate surface area is 129 Å². The van der Waals surface area contributed by atoms with Crippen LogP contribution in [0.1, 0.15) is 56.0 Å². The van der Waals surface area contributed by atoms with Crippen molar-refractivity contribution in [1.29, 1.82) is 0 Å². The van der Waals surface area contributed by atoms with E-state index in [1.54, 1.807) is 17.2 Å². The molecule has 1 heterocycles. The van der Waals surface area contributed by atoms with Crippen LogP contribution in [0.3, 0.4) is 0 Å². The molecule has 0 saturated heterocycles. The van der Waals surface area contributed by atoms with Crippen molar-refractivity contribution in [2.75, 3.05) is 6.54 Å². The Kier molecular flexibility index (Phi) is 4.37. The van der Waals surface area contributed by atoms with Crippen LogP contribution < -0.4 is 0 Å². The monoisotopic (exact) mass is 310 g/mol. The maximum absolute atomic E-state index is 12.6. The fourth-order valence-corrected chi connectivity index (χ4v) is 2.90. The van der Waals surface area contributed by atoms with Crippen molar-refractivity contribution in [3.05, 3.63) is 16.1 Å². The van der Waals surface area contributed by atoms with Gasteiger partial charge in [0.05, 0.1) is 10.9 Å². The summed E-state index contributed by atoms with van der Waals surface area (Å²) < 4.78 is 0. The molecule has 0 bridgehead atoms. The fourth-order valence-electron chi connectivity index (χ4n) is 2.02. The molecule has 1 saturated carbocycles. The topological polar surface area (TPSA) is 70.5 Å². The highest BCUT2D eigenvalue weighted by Crippen LogP contribution is 2.31. The van der Waals surface area contributed by atoms with Gasteiger partial charge in [0.15, 0.2) is 0 Å². The number of nitrogens with zero attached hydrogens (tertiary/aromatic N) is 2. The van der Waals surface area contributed by atoms with E-state index >= 15 is 0 Å². The second kappa shape index (κ2) is 5.75. The number of hydrogen-bond acceptors (Lipinski definition) is 4. The SMILES string of the molecule is CC(CN(C(=O)c1csc(C(C)(C)C)n1)C1CC1)C(=O)O. The minimum Gasteiger partial charge on any atom is -0.481 e. The number of carboxylic acids is 1. The predicted octanol–water partition coefficient (Wildman–Crippen LogP) is 2.77. The van der Waals surface area contributed by atoms with Gasteiger partial charge in [-0.2, -0.15) is 0 Å². The fraction of sp³-hybridized carbons (Fsp3) is 0.667. The van der Waals surface area contributed by atoms with E-state index in [9.17, 15) is 9.59 Å². The van der Waals surface area contributed by atoms with E-state index in [0.29, 0.717) is 5.69 Å². The lowest BCUT2D eigenvalue weighted by Crippen LogP contribution is -2.38. The quantitative estimate of drug-likeness (QED) is 0.908. The van der Waals surface area contributed by atoms with Crippen LogP contribution in [0.15, 0.2) is 5.38 Å². The Morgan fingerprint density at radius 2 is 2.10 bits per heavy atom. The van der Waals surface area contributed by atoms with E-state index in [-0.39, 0.29) is 23.9 Å². The standard InChI is InChI=1S/C15H22N2O3S/c1-9(13(19)20)7-17(10-5-6-10)12(18)11-8-21-14(16-11)15(2,3)4/h8-10H,5-7H2,1-4H3,(H,19,20). The van der Waals surface area contributed by atoms with E-state index in [4.69, 9.17) is 5.11 Å². The van der Waals surface area contributed by atoms with Gasteiger partial charge in [-0.15, -0.1) is 11.3 Å². The molecule has 2 rings (SSSR count). The third kappa shape index (κ3) is 3.81. The molecule has 1 aromatic heterocycles. The van der Waals surface area contributed by atoms with Gasteiger partial charge >= 0.3 is 5.97 Å². The summed E-state index contributed by atoms with van der Waals surface area (Å²) in [6, 6.07) is 0.180. The average Bonchev–Trinajstić information content (AvgIpc) is 3.08. The molecule has 1 atom stereocenters. The third-order valence-corrected chi connectivity index (χ3v) is 4.77. The Hall–Kier alpha value is -1.43. The molecule has 1 N–H and O–H groups in total. The summed E-state index contributed by atoms with van der Waals surface area (Å²) in [7, 11) is 0. The molecule has 1 fully saturated rings. The molecule has 1 aromatic rings. The van der Waals surface area contributed by atoms with Gasteiger partial charge in [-0.3, -0.25) is 9.59 Å². The number of carbonyl (C=O) groups excluding carboxylic acids is 1. The minimum atomic E-state index is -0.873. The molecule has 21 heavy (non-hydrogen) atoms. The number of carbonyl (C=O) groups is 2. The number of amides is 1. The Morgan fingerprint density at radius 3 is 2.52 bits per heavy atom. The van der Waals surface area contributed by atoms with Crippen LogP contribution in [0.2, 0.25) is 0 Å². The van der Waals surface area contributed by atoms with Crippen LogP contribution in [-0.2, 0) is 10.2 Å². The zero-order valence-electron chi connectivity index (χ0n) is 12.9. The first-order valence-electron chi connectivity index (χ1n) is 7.20. The van der Waals surface area contributed by atoms with Crippen molar-refractivity contribution < 1.29 is 14.7 Å². The Bertz CT molecular complexity index is 543. The molecule has 1 amide bonds. The predicted molar refractivity (Wildman–Crippen MR) is 81.7 cm³/mol. The molecule has 0 aromatic carbocycles. The largest absolute Gasteiger partial charge is 0.481 e. The maximum Gasteiger partial charge on any atom is 0.308 e. The van der Waals surface area contributed by atoms with Crippen LogP contribution in [0.4, 0.5) is 0 Å². The lowest BCUT2D eigenvalue weighted by molar-refractivity contribution is -0.141. The maximum atomic E-state index is 12.6. The van der Waals surface area contributed by atoms with Crippen LogP contribution >= 0.6 is 11.3 Å². The third-order valence-electron chi connectivity index (χ3n) is 3.51. The molecule has 5 nitrogen and oxygen atoms in total. The number of rotatable bonds is 5. The smallest absolute Gasteiger partial charge is 0.308 e. The van der Waals surface area contributed by atoms with Gasteiger partial charge in [-0.05, 0) is 12.8 Å². The summed E-state index contributed by atoms with van der Waals surface area (Å²) in [5.74, 6) is -1.57. The summed E-state index contributed by atoms with van der Waals surface area (Å²) in [5, 5.41) is 11.8. The van der Waals surface area contributed by atoms with Crippen LogP contribution in [0.5, 0.6) is 0 Å². The van der Waals surface area contributed by atoms with Crippen LogP contribution in [0.25, 0.3) is 0 Å². The molecule has 116 valence electrons. The lowest BCUT2D eigenvalue weighted by atomic mass is 9.98. The first-order chi connectivity index (χ1) is 9.70. The Morgan fingerprint density at radius 1 is 1.48 bits per heavy atom. The van der Waals surface area contributed by atoms with Crippen molar-refractivity contribution in [2.24, 2.45) is 5.92 Å². The van der Waals surface area contributed by atoms with Gasteiger partial charge in [0.1, 0.15) is 5.69 Å². The normalized spacial score (nSPS) is 16.6. The molecule has 0 aliphatic heterocycles. The van der Waals surface area contributed by atoms with Crippen molar-refractivity contribution in [1.82, 2.24) is 9.88 Å². The zero-order chi connectivity index (χ0) is 15.8. The second-order valence-electron chi connectivity index (χ2n) is 6.72. The van der Waals surface area contributed by atoms with Crippen molar-refractivity contribution in [3.8, 4) is 0 Å². The van der Waals surface area contributed by atoms with E-state index in [1.807, 2.05) is 0 Å². The molecule has 6 heteroatoms. The van der Waals surface area contributed by atoms with Crippen LogP contribution in [-0.4, -0.2) is 39.5 Å². The van der Waals surface area contributed by atoms with Crippen molar-refractivity contribution in [2.45, 2.75) is 52.0 Å². The van der Waals surface area contributed by atoms with E-state index < -0.39 is 11.9 Å². The highest BCUT2D eigenvalue weighted by molar-refractivity contribution is 7.10. The highest BCUT2D eigenvalue weighted by Gasteiger charge is 2.36. The van der Waals surface area contributed by atoms with E-state index in [1.165, 1.54) is 11.3 Å². The first kappa shape index (κ1) is 15.9. The molecule has 1 unspecified atom stereocenters. The second-order valence-corrected chi connectivity index (χ2v) is 7.57. The summed E-state index contributed by atoms with van der Waals surface area (Å²) in [5.41, 5.74) is 0.358. The van der Waals surface area contributed by atoms with E-state index in [2.05, 4.69) is 25.8 Å². The van der Waals surface area contributed by atoms with Gasteiger partial charge in [-0.1, -0.05) is 27.7 Å². The van der Waals surface area contributed by atoms with Gasteiger partial charge < -0.3 is 10.0 Å². The number of hydrogen-bond donors (Lipinski definition) is 1. The summed E-state index contributed by atoms with van der Waals surface area (Å²) in [6.45, 7) is 8.07. The lowest BCUT2D eigenvalue weighted by Gasteiger charge is -2.23. The molecular weight excluding hydrogens is 288 g/mol. The minimum absolute atomic E-state index is 0.0814.